The fourth-order valence-electron chi connectivity index (χ4n) is 3.87. The number of hydrogen-bond acceptors (Lipinski definition) is 6. The maximum absolute atomic E-state index is 12.7. The average Bonchev–Trinajstić information content (AvgIpc) is 3.33. The van der Waals surface area contributed by atoms with Crippen LogP contribution in [-0.4, -0.2) is 34.5 Å². The van der Waals surface area contributed by atoms with Crippen molar-refractivity contribution >= 4 is 50.7 Å². The van der Waals surface area contributed by atoms with Gasteiger partial charge in [0, 0.05) is 28.6 Å². The molecular weight excluding hydrogens is 378 g/mol. The standard InChI is InChI=1S/C20H17N3O2S2/c1-23-14-6-5-11(7-12(14)8-17(23)25)15(24)9-26-19-18-13-3-2-4-16(13)27-20(18)22-10-21-19/h5-7,10H,2-4,8-9H2,1H3. The van der Waals surface area contributed by atoms with Crippen LogP contribution in [0.1, 0.15) is 32.8 Å². The molecule has 1 amide bonds. The predicted molar refractivity (Wildman–Crippen MR) is 108 cm³/mol. The van der Waals surface area contributed by atoms with E-state index in [1.54, 1.807) is 29.6 Å². The maximum Gasteiger partial charge on any atom is 0.231 e. The molecule has 0 N–H and O–H groups in total. The van der Waals surface area contributed by atoms with Crippen molar-refractivity contribution in [3.05, 3.63) is 46.1 Å². The minimum atomic E-state index is 0.0587. The monoisotopic (exact) mass is 395 g/mol. The van der Waals surface area contributed by atoms with E-state index in [0.717, 1.165) is 39.3 Å². The Labute approximate surface area is 164 Å². The molecule has 2 aliphatic rings. The van der Waals surface area contributed by atoms with Gasteiger partial charge in [-0.05, 0) is 48.6 Å². The number of thiophene rings is 1. The molecule has 27 heavy (non-hydrogen) atoms. The first-order chi connectivity index (χ1) is 13.1. The number of carbonyl (C=O) groups is 2. The molecule has 3 aromatic rings. The van der Waals surface area contributed by atoms with E-state index in [9.17, 15) is 9.59 Å². The zero-order valence-electron chi connectivity index (χ0n) is 14.8. The van der Waals surface area contributed by atoms with Gasteiger partial charge in [0.2, 0.25) is 5.91 Å². The summed E-state index contributed by atoms with van der Waals surface area (Å²) in [5.41, 5.74) is 3.86. The summed E-state index contributed by atoms with van der Waals surface area (Å²) in [6.45, 7) is 0. The summed E-state index contributed by atoms with van der Waals surface area (Å²) < 4.78 is 0. The van der Waals surface area contributed by atoms with Gasteiger partial charge in [0.05, 0.1) is 12.2 Å². The largest absolute Gasteiger partial charge is 0.315 e. The molecule has 0 fully saturated rings. The molecular formula is C20H17N3O2S2. The van der Waals surface area contributed by atoms with Crippen LogP contribution in [0.15, 0.2) is 29.6 Å². The predicted octanol–water partition coefficient (Wildman–Crippen LogP) is 3.67. The number of aromatic nitrogens is 2. The number of amides is 1. The summed E-state index contributed by atoms with van der Waals surface area (Å²) in [4.78, 5) is 37.5. The van der Waals surface area contributed by atoms with Crippen LogP contribution in [-0.2, 0) is 24.1 Å². The molecule has 1 aliphatic carbocycles. The average molecular weight is 396 g/mol. The molecule has 1 aromatic carbocycles. The molecule has 0 saturated heterocycles. The topological polar surface area (TPSA) is 63.2 Å². The molecule has 0 radical (unpaired) electrons. The number of benzene rings is 1. The number of fused-ring (bicyclic) bond motifs is 4. The molecule has 136 valence electrons. The van der Waals surface area contributed by atoms with Gasteiger partial charge in [-0.25, -0.2) is 9.97 Å². The van der Waals surface area contributed by atoms with E-state index in [4.69, 9.17) is 0 Å². The number of rotatable bonds is 4. The van der Waals surface area contributed by atoms with Crippen LogP contribution < -0.4 is 4.90 Å². The van der Waals surface area contributed by atoms with Gasteiger partial charge in [0.25, 0.3) is 0 Å². The third-order valence-corrected chi connectivity index (χ3v) is 7.47. The Bertz CT molecular complexity index is 1110. The summed E-state index contributed by atoms with van der Waals surface area (Å²) in [5.74, 6) is 0.460. The van der Waals surface area contributed by atoms with Crippen molar-refractivity contribution in [1.82, 2.24) is 9.97 Å². The van der Waals surface area contributed by atoms with Crippen molar-refractivity contribution in [2.75, 3.05) is 17.7 Å². The van der Waals surface area contributed by atoms with Crippen molar-refractivity contribution in [1.29, 1.82) is 0 Å². The summed E-state index contributed by atoms with van der Waals surface area (Å²) in [6, 6.07) is 5.54. The highest BCUT2D eigenvalue weighted by atomic mass is 32.2. The van der Waals surface area contributed by atoms with Crippen LogP contribution in [0.25, 0.3) is 10.2 Å². The van der Waals surface area contributed by atoms with Crippen LogP contribution >= 0.6 is 23.1 Å². The van der Waals surface area contributed by atoms with E-state index in [-0.39, 0.29) is 11.7 Å². The first kappa shape index (κ1) is 16.9. The van der Waals surface area contributed by atoms with Gasteiger partial charge in [-0.15, -0.1) is 11.3 Å². The zero-order valence-corrected chi connectivity index (χ0v) is 16.5. The minimum Gasteiger partial charge on any atom is -0.315 e. The van der Waals surface area contributed by atoms with Crippen LogP contribution in [0.3, 0.4) is 0 Å². The SMILES string of the molecule is CN1C(=O)Cc2cc(C(=O)CSc3ncnc4sc5c(c34)CCC5)ccc21. The number of thioether (sulfide) groups is 1. The molecule has 0 bridgehead atoms. The Morgan fingerprint density at radius 3 is 3.07 bits per heavy atom. The molecule has 7 heteroatoms. The lowest BCUT2D eigenvalue weighted by Crippen LogP contribution is -2.20. The summed E-state index contributed by atoms with van der Waals surface area (Å²) in [5, 5.41) is 2.05. The zero-order chi connectivity index (χ0) is 18.5. The van der Waals surface area contributed by atoms with E-state index < -0.39 is 0 Å². The Hall–Kier alpha value is -2.25. The third kappa shape index (κ3) is 2.76. The summed E-state index contributed by atoms with van der Waals surface area (Å²) in [7, 11) is 1.77. The first-order valence-corrected chi connectivity index (χ1v) is 10.7. The van der Waals surface area contributed by atoms with E-state index >= 15 is 0 Å². The third-order valence-electron chi connectivity index (χ3n) is 5.29. The molecule has 2 aromatic heterocycles. The lowest BCUT2D eigenvalue weighted by atomic mass is 10.1. The smallest absolute Gasteiger partial charge is 0.231 e. The number of hydrogen-bond donors (Lipinski definition) is 0. The van der Waals surface area contributed by atoms with Crippen LogP contribution in [0.4, 0.5) is 5.69 Å². The van der Waals surface area contributed by atoms with E-state index in [1.165, 1.54) is 28.6 Å². The van der Waals surface area contributed by atoms with E-state index in [2.05, 4.69) is 9.97 Å². The minimum absolute atomic E-state index is 0.0587. The number of likely N-dealkylation sites (N-methyl/N-ethyl adjacent to an activating group) is 1. The van der Waals surface area contributed by atoms with Gasteiger partial charge in [0.15, 0.2) is 5.78 Å². The van der Waals surface area contributed by atoms with Gasteiger partial charge in [-0.2, -0.15) is 0 Å². The summed E-state index contributed by atoms with van der Waals surface area (Å²) >= 11 is 3.25. The van der Waals surface area contributed by atoms with Gasteiger partial charge in [0.1, 0.15) is 16.2 Å². The normalized spacial score (nSPS) is 15.4. The van der Waals surface area contributed by atoms with Crippen LogP contribution in [0.5, 0.6) is 0 Å². The van der Waals surface area contributed by atoms with Crippen molar-refractivity contribution < 1.29 is 9.59 Å². The fraction of sp³-hybridized carbons (Fsp3) is 0.300. The molecule has 0 unspecified atom stereocenters. The molecule has 5 rings (SSSR count). The maximum atomic E-state index is 12.7. The first-order valence-electron chi connectivity index (χ1n) is 8.92. The second kappa shape index (κ2) is 6.42. The molecule has 3 heterocycles. The van der Waals surface area contributed by atoms with Gasteiger partial charge >= 0.3 is 0 Å². The van der Waals surface area contributed by atoms with Crippen LogP contribution in [0, 0.1) is 0 Å². The Morgan fingerprint density at radius 1 is 1.30 bits per heavy atom. The van der Waals surface area contributed by atoms with Crippen LogP contribution in [0.2, 0.25) is 0 Å². The lowest BCUT2D eigenvalue weighted by molar-refractivity contribution is -0.117. The highest BCUT2D eigenvalue weighted by Gasteiger charge is 2.25. The number of carbonyl (C=O) groups excluding carboxylic acids is 2. The van der Waals surface area contributed by atoms with Crippen molar-refractivity contribution in [3.8, 4) is 0 Å². The molecule has 0 saturated carbocycles. The van der Waals surface area contributed by atoms with Gasteiger partial charge in [-0.3, -0.25) is 9.59 Å². The van der Waals surface area contributed by atoms with Crippen molar-refractivity contribution in [2.45, 2.75) is 30.7 Å². The van der Waals surface area contributed by atoms with E-state index in [1.807, 2.05) is 18.2 Å². The number of Topliss-reactive ketones (excluding diaryl/α,β-unsaturated/α-hetero) is 1. The van der Waals surface area contributed by atoms with Crippen molar-refractivity contribution in [2.24, 2.45) is 0 Å². The highest BCUT2D eigenvalue weighted by molar-refractivity contribution is 8.00. The summed E-state index contributed by atoms with van der Waals surface area (Å²) in [6.07, 6.45) is 5.36. The molecule has 0 spiro atoms. The Balaban J connectivity index is 1.38. The Kier molecular flexibility index (Phi) is 4.02. The van der Waals surface area contributed by atoms with Crippen molar-refractivity contribution in [3.63, 3.8) is 0 Å². The van der Waals surface area contributed by atoms with Gasteiger partial charge in [-0.1, -0.05) is 11.8 Å². The molecule has 1 aliphatic heterocycles. The quantitative estimate of drug-likeness (QED) is 0.383. The Morgan fingerprint density at radius 2 is 2.19 bits per heavy atom. The fourth-order valence-corrected chi connectivity index (χ4v) is 6.08. The number of ketones is 1. The number of nitrogens with zero attached hydrogens (tertiary/aromatic N) is 3. The second-order valence-corrected chi connectivity index (χ2v) is 8.95. The molecule has 5 nitrogen and oxygen atoms in total. The second-order valence-electron chi connectivity index (χ2n) is 6.90. The number of anilines is 1. The molecule has 0 atom stereocenters. The highest BCUT2D eigenvalue weighted by Crippen LogP contribution is 2.40. The number of aryl methyl sites for hydroxylation is 2. The van der Waals surface area contributed by atoms with E-state index in [0.29, 0.717) is 17.7 Å². The lowest BCUT2D eigenvalue weighted by Gasteiger charge is -2.10. The van der Waals surface area contributed by atoms with Gasteiger partial charge < -0.3 is 4.90 Å².